The minimum Gasteiger partial charge on any atom is -0.330 e. The number of rotatable bonds is 1. The smallest absolute Gasteiger partial charge is 0.147 e. The zero-order valence-corrected chi connectivity index (χ0v) is 9.07. The molecule has 4 nitrogen and oxygen atoms in total. The van der Waals surface area contributed by atoms with Gasteiger partial charge in [-0.2, -0.15) is 5.10 Å². The molecule has 1 aromatic rings. The van der Waals surface area contributed by atoms with Crippen LogP contribution in [0.15, 0.2) is 0 Å². The van der Waals surface area contributed by atoms with Gasteiger partial charge in [0.2, 0.25) is 0 Å². The summed E-state index contributed by atoms with van der Waals surface area (Å²) < 4.78 is 2.05. The van der Waals surface area contributed by atoms with Crippen LogP contribution in [0.25, 0.3) is 0 Å². The van der Waals surface area contributed by atoms with Crippen LogP contribution in [0.3, 0.4) is 0 Å². The van der Waals surface area contributed by atoms with Gasteiger partial charge in [-0.05, 0) is 26.2 Å². The Labute approximate surface area is 84.5 Å². The maximum Gasteiger partial charge on any atom is 0.147 e. The van der Waals surface area contributed by atoms with Crippen molar-refractivity contribution in [2.75, 3.05) is 6.54 Å². The van der Waals surface area contributed by atoms with Crippen LogP contribution in [-0.2, 0) is 0 Å². The van der Waals surface area contributed by atoms with E-state index in [1.807, 2.05) is 11.6 Å². The van der Waals surface area contributed by atoms with Gasteiger partial charge in [0.15, 0.2) is 0 Å². The second-order valence-electron chi connectivity index (χ2n) is 4.37. The quantitative estimate of drug-likeness (QED) is 0.731. The van der Waals surface area contributed by atoms with E-state index in [1.165, 1.54) is 0 Å². The Hall–Kier alpha value is -0.900. The summed E-state index contributed by atoms with van der Waals surface area (Å²) in [5.74, 6) is 2.94. The Morgan fingerprint density at radius 1 is 1.50 bits per heavy atom. The Kier molecular flexibility index (Phi) is 2.31. The summed E-state index contributed by atoms with van der Waals surface area (Å²) in [7, 11) is 0. The lowest BCUT2D eigenvalue weighted by Gasteiger charge is -2.31. The molecule has 0 saturated carbocycles. The van der Waals surface area contributed by atoms with E-state index >= 15 is 0 Å². The summed E-state index contributed by atoms with van der Waals surface area (Å²) in [4.78, 5) is 4.48. The predicted octanol–water partition coefficient (Wildman–Crippen LogP) is 1.23. The molecule has 1 aliphatic heterocycles. The Morgan fingerprint density at radius 3 is 2.86 bits per heavy atom. The molecule has 0 aromatic carbocycles. The van der Waals surface area contributed by atoms with Gasteiger partial charge in [-0.15, -0.1) is 0 Å². The summed E-state index contributed by atoms with van der Waals surface area (Å²) in [6.45, 7) is 7.06. The highest BCUT2D eigenvalue weighted by Crippen LogP contribution is 2.35. The predicted molar refractivity (Wildman–Crippen MR) is 55.0 cm³/mol. The molecule has 0 fully saturated rings. The molecule has 14 heavy (non-hydrogen) atoms. The van der Waals surface area contributed by atoms with Crippen molar-refractivity contribution in [1.82, 2.24) is 14.8 Å². The first-order chi connectivity index (χ1) is 6.63. The second-order valence-corrected chi connectivity index (χ2v) is 4.37. The highest BCUT2D eigenvalue weighted by molar-refractivity contribution is 5.06. The van der Waals surface area contributed by atoms with Crippen molar-refractivity contribution in [2.24, 2.45) is 11.7 Å². The normalized spacial score (nSPS) is 31.6. The van der Waals surface area contributed by atoms with Gasteiger partial charge in [0.25, 0.3) is 0 Å². The summed E-state index contributed by atoms with van der Waals surface area (Å²) in [6, 6.07) is 0.462. The fourth-order valence-electron chi connectivity index (χ4n) is 2.42. The van der Waals surface area contributed by atoms with Crippen molar-refractivity contribution in [3.8, 4) is 0 Å². The van der Waals surface area contributed by atoms with Crippen molar-refractivity contribution in [2.45, 2.75) is 39.2 Å². The van der Waals surface area contributed by atoms with E-state index < -0.39 is 0 Å². The molecule has 4 heteroatoms. The number of hydrogen-bond donors (Lipinski definition) is 1. The van der Waals surface area contributed by atoms with Gasteiger partial charge < -0.3 is 5.73 Å². The van der Waals surface area contributed by atoms with Gasteiger partial charge in [-0.3, -0.25) is 0 Å². The molecule has 2 rings (SSSR count). The van der Waals surface area contributed by atoms with Crippen LogP contribution in [0.1, 0.15) is 43.9 Å². The minimum absolute atomic E-state index is 0.382. The van der Waals surface area contributed by atoms with Gasteiger partial charge in [-0.1, -0.05) is 6.92 Å². The van der Waals surface area contributed by atoms with E-state index in [0.717, 1.165) is 18.1 Å². The molecule has 0 spiro atoms. The number of hydrogen-bond acceptors (Lipinski definition) is 3. The van der Waals surface area contributed by atoms with E-state index in [4.69, 9.17) is 5.73 Å². The molecule has 0 amide bonds. The first-order valence-corrected chi connectivity index (χ1v) is 5.26. The lowest BCUT2D eigenvalue weighted by Crippen LogP contribution is -2.31. The number of fused-ring (bicyclic) bond motifs is 1. The van der Waals surface area contributed by atoms with Crippen molar-refractivity contribution in [1.29, 1.82) is 0 Å². The first kappa shape index (κ1) is 9.65. The van der Waals surface area contributed by atoms with Gasteiger partial charge in [0.05, 0.1) is 6.04 Å². The van der Waals surface area contributed by atoms with Crippen LogP contribution < -0.4 is 5.73 Å². The second kappa shape index (κ2) is 3.35. The third kappa shape index (κ3) is 1.34. The van der Waals surface area contributed by atoms with Crippen LogP contribution in [0.4, 0.5) is 0 Å². The van der Waals surface area contributed by atoms with Crippen LogP contribution >= 0.6 is 0 Å². The number of nitrogens with zero attached hydrogens (tertiary/aromatic N) is 3. The standard InChI is InChI=1S/C10H18N4/c1-6-4-7(2)14-10(9(6)5-11)12-8(3)13-14/h6-7,9H,4-5,11H2,1-3H3. The van der Waals surface area contributed by atoms with Crippen LogP contribution in [0, 0.1) is 12.8 Å². The van der Waals surface area contributed by atoms with Gasteiger partial charge >= 0.3 is 0 Å². The molecule has 3 atom stereocenters. The van der Waals surface area contributed by atoms with Crippen molar-refractivity contribution >= 4 is 0 Å². The fourth-order valence-corrected chi connectivity index (χ4v) is 2.42. The maximum atomic E-state index is 5.78. The molecule has 0 radical (unpaired) electrons. The van der Waals surface area contributed by atoms with Gasteiger partial charge in [0.1, 0.15) is 11.6 Å². The molecule has 0 saturated heterocycles. The summed E-state index contributed by atoms with van der Waals surface area (Å²) in [6.07, 6.45) is 1.15. The summed E-state index contributed by atoms with van der Waals surface area (Å²) >= 11 is 0. The average molecular weight is 194 g/mol. The number of aryl methyl sites for hydroxylation is 1. The molecule has 1 aromatic heterocycles. The highest BCUT2D eigenvalue weighted by Gasteiger charge is 2.31. The maximum absolute atomic E-state index is 5.78. The Balaban J connectivity index is 2.44. The van der Waals surface area contributed by atoms with E-state index in [1.54, 1.807) is 0 Å². The lowest BCUT2D eigenvalue weighted by atomic mass is 9.85. The number of nitrogens with two attached hydrogens (primary N) is 1. The average Bonchev–Trinajstić information content (AvgIpc) is 2.48. The van der Waals surface area contributed by atoms with Crippen molar-refractivity contribution in [3.63, 3.8) is 0 Å². The Morgan fingerprint density at radius 2 is 2.21 bits per heavy atom. The number of aromatic nitrogens is 3. The third-order valence-corrected chi connectivity index (χ3v) is 3.17. The molecular formula is C10H18N4. The molecule has 0 bridgehead atoms. The lowest BCUT2D eigenvalue weighted by molar-refractivity contribution is 0.271. The van der Waals surface area contributed by atoms with Crippen molar-refractivity contribution < 1.29 is 0 Å². The molecule has 1 aliphatic rings. The molecule has 0 aliphatic carbocycles. The topological polar surface area (TPSA) is 56.7 Å². The molecule has 3 unspecified atom stereocenters. The van der Waals surface area contributed by atoms with E-state index in [2.05, 4.69) is 23.9 Å². The molecule has 2 heterocycles. The monoisotopic (exact) mass is 194 g/mol. The summed E-state index contributed by atoms with van der Waals surface area (Å²) in [5.41, 5.74) is 5.78. The molecular weight excluding hydrogens is 176 g/mol. The van der Waals surface area contributed by atoms with Gasteiger partial charge in [-0.25, -0.2) is 9.67 Å². The van der Waals surface area contributed by atoms with E-state index in [9.17, 15) is 0 Å². The SMILES string of the molecule is Cc1nc2n(n1)C(C)CC(C)C2CN. The van der Waals surface area contributed by atoms with Crippen LogP contribution in [0.5, 0.6) is 0 Å². The molecule has 2 N–H and O–H groups in total. The van der Waals surface area contributed by atoms with Crippen molar-refractivity contribution in [3.05, 3.63) is 11.6 Å². The zero-order chi connectivity index (χ0) is 10.3. The largest absolute Gasteiger partial charge is 0.330 e. The third-order valence-electron chi connectivity index (χ3n) is 3.17. The van der Waals surface area contributed by atoms with Gasteiger partial charge in [0, 0.05) is 12.5 Å². The first-order valence-electron chi connectivity index (χ1n) is 5.26. The summed E-state index contributed by atoms with van der Waals surface area (Å²) in [5, 5.41) is 4.41. The zero-order valence-electron chi connectivity index (χ0n) is 9.07. The van der Waals surface area contributed by atoms with Crippen LogP contribution in [-0.4, -0.2) is 21.3 Å². The Bertz CT molecular complexity index is 331. The highest BCUT2D eigenvalue weighted by atomic mass is 15.4. The fraction of sp³-hybridized carbons (Fsp3) is 0.800. The molecule has 78 valence electrons. The van der Waals surface area contributed by atoms with Crippen LogP contribution in [0.2, 0.25) is 0 Å². The van der Waals surface area contributed by atoms with E-state index in [-0.39, 0.29) is 0 Å². The minimum atomic E-state index is 0.382. The van der Waals surface area contributed by atoms with E-state index in [0.29, 0.717) is 24.4 Å².